The zero-order valence-corrected chi connectivity index (χ0v) is 16.6. The van der Waals surface area contributed by atoms with Crippen LogP contribution in [-0.2, 0) is 0 Å². The largest absolute Gasteiger partial charge is 0.306 e. The van der Waals surface area contributed by atoms with Gasteiger partial charge in [0.1, 0.15) is 0 Å². The van der Waals surface area contributed by atoms with Crippen molar-refractivity contribution in [2.75, 3.05) is 14.1 Å². The van der Waals surface area contributed by atoms with Gasteiger partial charge in [0.25, 0.3) is 0 Å². The number of hydrogen-bond donors (Lipinski definition) is 0. The molecule has 0 aromatic rings. The lowest BCUT2D eigenvalue weighted by molar-refractivity contribution is 0.00437. The lowest BCUT2D eigenvalue weighted by atomic mass is 9.57. The summed E-state index contributed by atoms with van der Waals surface area (Å²) in [6, 6.07) is 0.759. The van der Waals surface area contributed by atoms with Crippen molar-refractivity contribution in [1.29, 1.82) is 0 Å². The third kappa shape index (κ3) is 3.00. The molecule has 0 aliphatic heterocycles. The average Bonchev–Trinajstić information content (AvgIpc) is 3.10. The molecule has 0 aromatic heterocycles. The Balaban J connectivity index is 1.73. The van der Waals surface area contributed by atoms with Gasteiger partial charge in [0.15, 0.2) is 0 Å². The fourth-order valence-electron chi connectivity index (χ4n) is 7.33. The predicted molar refractivity (Wildman–Crippen MR) is 100 cm³/mol. The molecule has 0 N–H and O–H groups in total. The van der Waals surface area contributed by atoms with Crippen LogP contribution in [0.15, 0.2) is 0 Å². The van der Waals surface area contributed by atoms with Crippen molar-refractivity contribution in [1.82, 2.24) is 4.90 Å². The van der Waals surface area contributed by atoms with Gasteiger partial charge in [0.2, 0.25) is 0 Å². The SMILES string of the molecule is CCC1CCCC1(C)C1CC(C)C2C(CCC2C(C)N(C)C)C1. The maximum Gasteiger partial charge on any atom is 0.00919 e. The van der Waals surface area contributed by atoms with E-state index in [4.69, 9.17) is 0 Å². The third-order valence-corrected chi connectivity index (χ3v) is 8.87. The second kappa shape index (κ2) is 6.70. The highest BCUT2D eigenvalue weighted by Gasteiger charge is 2.51. The molecule has 3 aliphatic rings. The van der Waals surface area contributed by atoms with Crippen LogP contribution in [0.2, 0.25) is 0 Å². The summed E-state index contributed by atoms with van der Waals surface area (Å²) in [5.41, 5.74) is 0.666. The highest BCUT2D eigenvalue weighted by Crippen LogP contribution is 2.60. The van der Waals surface area contributed by atoms with Gasteiger partial charge in [-0.15, -0.1) is 0 Å². The zero-order valence-electron chi connectivity index (χ0n) is 16.6. The highest BCUT2D eigenvalue weighted by atomic mass is 15.1. The van der Waals surface area contributed by atoms with Crippen molar-refractivity contribution >= 4 is 0 Å². The molecule has 0 amide bonds. The van der Waals surface area contributed by atoms with Crippen molar-refractivity contribution in [3.8, 4) is 0 Å². The van der Waals surface area contributed by atoms with E-state index in [0.717, 1.165) is 41.5 Å². The second-order valence-electron chi connectivity index (χ2n) is 9.93. The molecule has 3 aliphatic carbocycles. The maximum absolute atomic E-state index is 2.67. The summed E-state index contributed by atoms with van der Waals surface area (Å²) in [4.78, 5) is 2.47. The van der Waals surface area contributed by atoms with E-state index >= 15 is 0 Å². The molecule has 0 heterocycles. The molecule has 1 nitrogen and oxygen atoms in total. The molecule has 0 spiro atoms. The third-order valence-electron chi connectivity index (χ3n) is 8.87. The van der Waals surface area contributed by atoms with Crippen molar-refractivity contribution in [3.05, 3.63) is 0 Å². The number of rotatable bonds is 4. The molecule has 3 rings (SSSR count). The first-order valence-electron chi connectivity index (χ1n) is 10.5. The van der Waals surface area contributed by atoms with Gasteiger partial charge in [0, 0.05) is 6.04 Å². The normalized spacial score (nSPS) is 48.7. The first-order valence-corrected chi connectivity index (χ1v) is 10.5. The van der Waals surface area contributed by atoms with Crippen LogP contribution >= 0.6 is 0 Å². The minimum atomic E-state index is 0.666. The number of fused-ring (bicyclic) bond motifs is 1. The topological polar surface area (TPSA) is 3.24 Å². The van der Waals surface area contributed by atoms with Gasteiger partial charge < -0.3 is 4.90 Å². The lowest BCUT2D eigenvalue weighted by Crippen LogP contribution is -2.43. The zero-order chi connectivity index (χ0) is 16.8. The van der Waals surface area contributed by atoms with Gasteiger partial charge in [-0.05, 0) is 100 Å². The Bertz CT molecular complexity index is 403. The molecule has 0 radical (unpaired) electrons. The van der Waals surface area contributed by atoms with Gasteiger partial charge in [0.05, 0.1) is 0 Å². The van der Waals surface area contributed by atoms with E-state index in [2.05, 4.69) is 46.7 Å². The van der Waals surface area contributed by atoms with Crippen molar-refractivity contribution in [2.24, 2.45) is 40.9 Å². The Kier molecular flexibility index (Phi) is 5.17. The van der Waals surface area contributed by atoms with E-state index in [9.17, 15) is 0 Å². The Morgan fingerprint density at radius 2 is 1.87 bits per heavy atom. The van der Waals surface area contributed by atoms with E-state index < -0.39 is 0 Å². The molecule has 3 fully saturated rings. The van der Waals surface area contributed by atoms with E-state index in [1.165, 1.54) is 44.9 Å². The monoisotopic (exact) mass is 319 g/mol. The van der Waals surface area contributed by atoms with Crippen molar-refractivity contribution < 1.29 is 0 Å². The molecule has 134 valence electrons. The Morgan fingerprint density at radius 1 is 1.13 bits per heavy atom. The van der Waals surface area contributed by atoms with Crippen LogP contribution in [0.25, 0.3) is 0 Å². The number of hydrogen-bond acceptors (Lipinski definition) is 1. The van der Waals surface area contributed by atoms with Crippen LogP contribution in [0.5, 0.6) is 0 Å². The van der Waals surface area contributed by atoms with Crippen molar-refractivity contribution in [2.45, 2.75) is 85.1 Å². The quantitative estimate of drug-likeness (QED) is 0.629. The molecule has 1 heteroatoms. The van der Waals surface area contributed by atoms with Crippen LogP contribution in [0.1, 0.15) is 79.1 Å². The van der Waals surface area contributed by atoms with Gasteiger partial charge in [-0.2, -0.15) is 0 Å². The van der Waals surface area contributed by atoms with Crippen LogP contribution in [0.3, 0.4) is 0 Å². The van der Waals surface area contributed by atoms with E-state index in [1.807, 2.05) is 0 Å². The van der Waals surface area contributed by atoms with E-state index in [1.54, 1.807) is 6.42 Å². The molecule has 0 aromatic carbocycles. The molecule has 8 unspecified atom stereocenters. The summed E-state index contributed by atoms with van der Waals surface area (Å²) in [6.07, 6.45) is 12.0. The Morgan fingerprint density at radius 3 is 2.52 bits per heavy atom. The minimum absolute atomic E-state index is 0.666. The smallest absolute Gasteiger partial charge is 0.00919 e. The summed E-state index contributed by atoms with van der Waals surface area (Å²) in [6.45, 7) is 10.2. The first kappa shape index (κ1) is 17.8. The van der Waals surface area contributed by atoms with Crippen LogP contribution < -0.4 is 0 Å². The van der Waals surface area contributed by atoms with E-state index in [0.29, 0.717) is 5.41 Å². The standard InChI is InChI=1S/C22H41N/c1-7-18-9-8-12-22(18,4)19-13-15(2)21-17(14-19)10-11-20(21)16(3)23(5)6/h15-21H,7-14H2,1-6H3. The average molecular weight is 320 g/mol. The minimum Gasteiger partial charge on any atom is -0.306 e. The second-order valence-corrected chi connectivity index (χ2v) is 9.93. The van der Waals surface area contributed by atoms with Crippen LogP contribution in [-0.4, -0.2) is 25.0 Å². The maximum atomic E-state index is 2.67. The summed E-state index contributed by atoms with van der Waals surface area (Å²) in [5, 5.41) is 0. The molecule has 8 atom stereocenters. The Labute approximate surface area is 145 Å². The van der Waals surface area contributed by atoms with Gasteiger partial charge >= 0.3 is 0 Å². The molecule has 3 saturated carbocycles. The molecule has 0 saturated heterocycles. The molecule has 23 heavy (non-hydrogen) atoms. The van der Waals surface area contributed by atoms with Crippen molar-refractivity contribution in [3.63, 3.8) is 0 Å². The molecular formula is C22H41N. The predicted octanol–water partition coefficient (Wildman–Crippen LogP) is 5.84. The van der Waals surface area contributed by atoms with Gasteiger partial charge in [-0.3, -0.25) is 0 Å². The van der Waals surface area contributed by atoms with Crippen LogP contribution in [0, 0.1) is 40.9 Å². The summed E-state index contributed by atoms with van der Waals surface area (Å²) < 4.78 is 0. The summed E-state index contributed by atoms with van der Waals surface area (Å²) >= 11 is 0. The first-order chi connectivity index (χ1) is 10.9. The van der Waals surface area contributed by atoms with Crippen LogP contribution in [0.4, 0.5) is 0 Å². The molecular weight excluding hydrogens is 278 g/mol. The fraction of sp³-hybridized carbons (Fsp3) is 1.00. The molecule has 0 bridgehead atoms. The van der Waals surface area contributed by atoms with Gasteiger partial charge in [-0.1, -0.05) is 33.6 Å². The Hall–Kier alpha value is -0.0400. The number of nitrogens with zero attached hydrogens (tertiary/aromatic N) is 1. The summed E-state index contributed by atoms with van der Waals surface area (Å²) in [7, 11) is 4.55. The highest BCUT2D eigenvalue weighted by molar-refractivity contribution is 5.02. The fourth-order valence-corrected chi connectivity index (χ4v) is 7.33. The summed E-state index contributed by atoms with van der Waals surface area (Å²) in [5.74, 6) is 5.96. The lowest BCUT2D eigenvalue weighted by Gasteiger charge is -2.49. The van der Waals surface area contributed by atoms with E-state index in [-0.39, 0.29) is 0 Å². The van der Waals surface area contributed by atoms with Gasteiger partial charge in [-0.25, -0.2) is 0 Å².